The van der Waals surface area contributed by atoms with Crippen molar-refractivity contribution < 1.29 is 29.0 Å². The predicted octanol–water partition coefficient (Wildman–Crippen LogP) is 0.669. The smallest absolute Gasteiger partial charge is 0.338 e. The molecule has 0 radical (unpaired) electrons. The van der Waals surface area contributed by atoms with Gasteiger partial charge in [-0.25, -0.2) is 9.69 Å². The number of hydrogen-bond acceptors (Lipinski definition) is 6. The van der Waals surface area contributed by atoms with Crippen LogP contribution in [0.25, 0.3) is 0 Å². The first-order valence-electron chi connectivity index (χ1n) is 8.15. The number of carbonyl (C=O) groups is 3. The lowest BCUT2D eigenvalue weighted by molar-refractivity contribution is -0.128. The van der Waals surface area contributed by atoms with E-state index in [1.54, 1.807) is 31.2 Å². The molecule has 0 unspecified atom stereocenters. The molecule has 1 aromatic carbocycles. The molecule has 0 spiro atoms. The van der Waals surface area contributed by atoms with E-state index >= 15 is 0 Å². The van der Waals surface area contributed by atoms with Crippen molar-refractivity contribution >= 4 is 23.5 Å². The van der Waals surface area contributed by atoms with Crippen molar-refractivity contribution in [1.82, 2.24) is 0 Å². The number of fused-ring (bicyclic) bond motifs is 5. The number of imide groups is 1. The zero-order valence-electron chi connectivity index (χ0n) is 13.5. The second-order valence-electron chi connectivity index (χ2n) is 6.34. The fourth-order valence-corrected chi connectivity index (χ4v) is 3.90. The van der Waals surface area contributed by atoms with E-state index in [0.29, 0.717) is 11.3 Å². The van der Waals surface area contributed by atoms with Crippen LogP contribution < -0.4 is 4.90 Å². The van der Waals surface area contributed by atoms with Crippen molar-refractivity contribution in [1.29, 1.82) is 0 Å². The largest absolute Gasteiger partial charge is 0.462 e. The highest BCUT2D eigenvalue weighted by molar-refractivity contribution is 6.23. The van der Waals surface area contributed by atoms with Crippen LogP contribution in [0, 0.1) is 11.8 Å². The van der Waals surface area contributed by atoms with Crippen LogP contribution in [0.2, 0.25) is 0 Å². The number of hydrogen-bond donors (Lipinski definition) is 1. The molecule has 2 bridgehead atoms. The summed E-state index contributed by atoms with van der Waals surface area (Å²) in [6.45, 7) is 1.63. The average molecular weight is 343 g/mol. The third kappa shape index (κ3) is 2.09. The third-order valence-electron chi connectivity index (χ3n) is 5.04. The number of ether oxygens (including phenoxy) is 2. The molecule has 1 N–H and O–H groups in total. The summed E-state index contributed by atoms with van der Waals surface area (Å²) in [6.07, 6.45) is 2.92. The van der Waals surface area contributed by atoms with Gasteiger partial charge in [0.1, 0.15) is 5.60 Å². The van der Waals surface area contributed by atoms with Crippen molar-refractivity contribution in [3.8, 4) is 0 Å². The quantitative estimate of drug-likeness (QED) is 0.491. The monoisotopic (exact) mass is 343 g/mol. The van der Waals surface area contributed by atoms with E-state index in [9.17, 15) is 19.5 Å². The third-order valence-corrected chi connectivity index (χ3v) is 5.04. The summed E-state index contributed by atoms with van der Waals surface area (Å²) in [4.78, 5) is 38.5. The Labute approximate surface area is 143 Å². The molecule has 0 saturated carbocycles. The predicted molar refractivity (Wildman–Crippen MR) is 85.7 cm³/mol. The van der Waals surface area contributed by atoms with Gasteiger partial charge < -0.3 is 14.6 Å². The molecule has 130 valence electrons. The Morgan fingerprint density at radius 2 is 2.00 bits per heavy atom. The lowest BCUT2D eigenvalue weighted by atomic mass is 9.77. The standard InChI is InChI=1S/C18H17NO6/c1-2-24-17(23)10-3-5-11(6-4-10)19-15(21)13-12-7-8-18(9-20,25-12)14(13)16(19)22/h3-8,12-14,20H,2,9H2,1H3/t12-,13-,14+,18-/m0/s1. The van der Waals surface area contributed by atoms with E-state index in [4.69, 9.17) is 9.47 Å². The molecule has 0 aliphatic carbocycles. The van der Waals surface area contributed by atoms with E-state index in [-0.39, 0.29) is 25.0 Å². The number of carbonyl (C=O) groups excluding carboxylic acids is 3. The maximum Gasteiger partial charge on any atom is 0.338 e. The van der Waals surface area contributed by atoms with Gasteiger partial charge in [-0.2, -0.15) is 0 Å². The van der Waals surface area contributed by atoms with Crippen LogP contribution in [0.3, 0.4) is 0 Å². The van der Waals surface area contributed by atoms with E-state index < -0.39 is 29.5 Å². The van der Waals surface area contributed by atoms with Crippen molar-refractivity contribution in [3.05, 3.63) is 42.0 Å². The summed E-state index contributed by atoms with van der Waals surface area (Å²) < 4.78 is 10.6. The lowest BCUT2D eigenvalue weighted by Crippen LogP contribution is -2.43. The van der Waals surface area contributed by atoms with Gasteiger partial charge in [-0.3, -0.25) is 9.59 Å². The maximum atomic E-state index is 12.9. The van der Waals surface area contributed by atoms with E-state index in [1.807, 2.05) is 0 Å². The van der Waals surface area contributed by atoms with Gasteiger partial charge in [-0.05, 0) is 31.2 Å². The molecule has 3 aliphatic heterocycles. The molecule has 2 amide bonds. The minimum absolute atomic E-state index is 0.269. The van der Waals surface area contributed by atoms with E-state index in [1.165, 1.54) is 12.1 Å². The number of rotatable bonds is 4. The number of anilines is 1. The summed E-state index contributed by atoms with van der Waals surface area (Å²) in [5, 5.41) is 9.69. The average Bonchev–Trinajstić information content (AvgIpc) is 3.26. The first-order chi connectivity index (χ1) is 12.0. The molecule has 3 aliphatic rings. The van der Waals surface area contributed by atoms with Crippen LogP contribution in [0.5, 0.6) is 0 Å². The van der Waals surface area contributed by atoms with Gasteiger partial charge in [0, 0.05) is 0 Å². The second-order valence-corrected chi connectivity index (χ2v) is 6.34. The fourth-order valence-electron chi connectivity index (χ4n) is 3.90. The number of nitrogens with zero attached hydrogens (tertiary/aromatic N) is 1. The Balaban J connectivity index is 1.64. The molecule has 25 heavy (non-hydrogen) atoms. The minimum Gasteiger partial charge on any atom is -0.462 e. The van der Waals surface area contributed by atoms with Gasteiger partial charge in [0.15, 0.2) is 0 Å². The number of aliphatic hydroxyl groups excluding tert-OH is 1. The van der Waals surface area contributed by atoms with Crippen molar-refractivity contribution in [3.63, 3.8) is 0 Å². The fraction of sp³-hybridized carbons (Fsp3) is 0.389. The zero-order valence-corrected chi connectivity index (χ0v) is 13.5. The van der Waals surface area contributed by atoms with Gasteiger partial charge in [-0.1, -0.05) is 12.2 Å². The molecule has 4 atom stereocenters. The van der Waals surface area contributed by atoms with Crippen LogP contribution in [-0.4, -0.2) is 47.8 Å². The molecule has 7 heteroatoms. The lowest BCUT2D eigenvalue weighted by Gasteiger charge is -2.26. The second kappa shape index (κ2) is 5.50. The Morgan fingerprint density at radius 3 is 2.64 bits per heavy atom. The van der Waals surface area contributed by atoms with Crippen LogP contribution in [0.1, 0.15) is 17.3 Å². The maximum absolute atomic E-state index is 12.9. The number of benzene rings is 1. The topological polar surface area (TPSA) is 93.1 Å². The van der Waals surface area contributed by atoms with Crippen LogP contribution in [-0.2, 0) is 19.1 Å². The van der Waals surface area contributed by atoms with Crippen molar-refractivity contribution in [2.45, 2.75) is 18.6 Å². The molecular weight excluding hydrogens is 326 g/mol. The van der Waals surface area contributed by atoms with Crippen molar-refractivity contribution in [2.75, 3.05) is 18.1 Å². The van der Waals surface area contributed by atoms with Crippen LogP contribution in [0.15, 0.2) is 36.4 Å². The van der Waals surface area contributed by atoms with E-state index in [0.717, 1.165) is 4.90 Å². The highest BCUT2D eigenvalue weighted by atomic mass is 16.5. The molecular formula is C18H17NO6. The summed E-state index contributed by atoms with van der Waals surface area (Å²) in [5.41, 5.74) is -0.367. The van der Waals surface area contributed by atoms with Crippen LogP contribution in [0.4, 0.5) is 5.69 Å². The summed E-state index contributed by atoms with van der Waals surface area (Å²) in [7, 11) is 0. The minimum atomic E-state index is -1.11. The van der Waals surface area contributed by atoms with E-state index in [2.05, 4.69) is 0 Å². The Hall–Kier alpha value is -2.51. The molecule has 7 nitrogen and oxygen atoms in total. The zero-order chi connectivity index (χ0) is 17.8. The molecule has 2 saturated heterocycles. The summed E-state index contributed by atoms with van der Waals surface area (Å²) in [6, 6.07) is 6.14. The van der Waals surface area contributed by atoms with Gasteiger partial charge in [-0.15, -0.1) is 0 Å². The molecule has 2 fully saturated rings. The van der Waals surface area contributed by atoms with Gasteiger partial charge in [0.05, 0.1) is 42.4 Å². The highest BCUT2D eigenvalue weighted by Gasteiger charge is 2.67. The first-order valence-corrected chi connectivity index (χ1v) is 8.15. The molecule has 3 heterocycles. The van der Waals surface area contributed by atoms with Gasteiger partial charge >= 0.3 is 5.97 Å². The number of amides is 2. The first kappa shape index (κ1) is 16.0. The molecule has 4 rings (SSSR count). The summed E-state index contributed by atoms with van der Waals surface area (Å²) in [5.74, 6) is -2.53. The normalized spacial score (nSPS) is 32.4. The Bertz CT molecular complexity index is 785. The Morgan fingerprint density at radius 1 is 1.28 bits per heavy atom. The number of esters is 1. The molecule has 0 aromatic heterocycles. The highest BCUT2D eigenvalue weighted by Crippen LogP contribution is 2.52. The van der Waals surface area contributed by atoms with Crippen molar-refractivity contribution in [2.24, 2.45) is 11.8 Å². The Kier molecular flexibility index (Phi) is 3.52. The van der Waals surface area contributed by atoms with Gasteiger partial charge in [0.25, 0.3) is 0 Å². The number of aliphatic hydroxyl groups is 1. The SMILES string of the molecule is CCOC(=O)c1ccc(N2C(=O)[C@H]3[C@@H]4C=C[C@@](CO)(O4)[C@H]3C2=O)cc1. The van der Waals surface area contributed by atoms with Crippen LogP contribution >= 0.6 is 0 Å². The summed E-state index contributed by atoms with van der Waals surface area (Å²) >= 11 is 0. The molecule has 1 aromatic rings. The van der Waals surface area contributed by atoms with Gasteiger partial charge in [0.2, 0.25) is 11.8 Å².